The minimum Gasteiger partial charge on any atom is -0.493 e. The van der Waals surface area contributed by atoms with Gasteiger partial charge in [-0.05, 0) is 81.5 Å². The lowest BCUT2D eigenvalue weighted by molar-refractivity contribution is -0.126. The second-order valence-electron chi connectivity index (χ2n) is 10.6. The lowest BCUT2D eigenvalue weighted by atomic mass is 9.61. The van der Waals surface area contributed by atoms with Gasteiger partial charge in [-0.3, -0.25) is 4.79 Å². The van der Waals surface area contributed by atoms with Crippen LogP contribution in [-0.4, -0.2) is 34.9 Å². The number of hydrogen-bond donors (Lipinski definition) is 3. The number of ether oxygens (including phenoxy) is 1. The third kappa shape index (κ3) is 5.59. The van der Waals surface area contributed by atoms with Crippen molar-refractivity contribution < 1.29 is 19.7 Å². The van der Waals surface area contributed by atoms with Gasteiger partial charge in [0.25, 0.3) is 0 Å². The zero-order chi connectivity index (χ0) is 23.5. The summed E-state index contributed by atoms with van der Waals surface area (Å²) < 4.78 is 6.20. The fourth-order valence-corrected chi connectivity index (χ4v) is 5.48. The Kier molecular flexibility index (Phi) is 7.10. The molecule has 3 aliphatic carbocycles. The molecule has 2 bridgehead atoms. The molecule has 5 rings (SSSR count). The average molecular weight is 452 g/mol. The van der Waals surface area contributed by atoms with E-state index in [9.17, 15) is 15.0 Å². The van der Waals surface area contributed by atoms with Gasteiger partial charge in [0.15, 0.2) is 0 Å². The number of benzene rings is 2. The summed E-state index contributed by atoms with van der Waals surface area (Å²) >= 11 is 0. The standard InChI is InChI=1S/C28H37NO4/c1-27(2,32)25(29-26(31)24(18-30)21-6-4-3-5-7-21)22-8-10-23(11-9-22)33-19-28-15-12-20(13-16-28)14-17-28/h3-11,20,24-25,30,32H,12-19H2,1-2H3,(H,29,31)/t20?,24-,25+,28?/m0/s1. The summed E-state index contributed by atoms with van der Waals surface area (Å²) in [5, 5.41) is 23.6. The number of nitrogens with one attached hydrogen (secondary N) is 1. The van der Waals surface area contributed by atoms with Gasteiger partial charge in [0, 0.05) is 5.41 Å². The molecule has 3 aliphatic rings. The zero-order valence-electron chi connectivity index (χ0n) is 19.8. The van der Waals surface area contributed by atoms with E-state index >= 15 is 0 Å². The van der Waals surface area contributed by atoms with E-state index in [4.69, 9.17) is 4.74 Å². The first-order valence-electron chi connectivity index (χ1n) is 12.2. The Hall–Kier alpha value is -2.37. The maximum atomic E-state index is 13.0. The van der Waals surface area contributed by atoms with Crippen molar-refractivity contribution in [3.8, 4) is 5.75 Å². The SMILES string of the molecule is CC(C)(O)[C@H](NC(=O)[C@@H](CO)c1ccccc1)c1ccc(OCC23CCC(CC2)CC3)cc1. The molecule has 2 aromatic rings. The molecule has 0 heterocycles. The molecule has 0 radical (unpaired) electrons. The van der Waals surface area contributed by atoms with Crippen molar-refractivity contribution in [2.24, 2.45) is 11.3 Å². The molecule has 178 valence electrons. The summed E-state index contributed by atoms with van der Waals surface area (Å²) in [7, 11) is 0. The van der Waals surface area contributed by atoms with E-state index < -0.39 is 17.6 Å². The van der Waals surface area contributed by atoms with E-state index in [1.807, 2.05) is 54.6 Å². The van der Waals surface area contributed by atoms with Crippen LogP contribution in [0.4, 0.5) is 0 Å². The number of carbonyl (C=O) groups excluding carboxylic acids is 1. The Morgan fingerprint density at radius 3 is 2.18 bits per heavy atom. The normalized spacial score (nSPS) is 24.2. The van der Waals surface area contributed by atoms with Gasteiger partial charge in [-0.25, -0.2) is 0 Å². The number of aliphatic hydroxyl groups is 2. The molecule has 33 heavy (non-hydrogen) atoms. The van der Waals surface area contributed by atoms with E-state index in [1.165, 1.54) is 38.5 Å². The highest BCUT2D eigenvalue weighted by Crippen LogP contribution is 2.50. The summed E-state index contributed by atoms with van der Waals surface area (Å²) in [4.78, 5) is 13.0. The van der Waals surface area contributed by atoms with Crippen molar-refractivity contribution in [2.45, 2.75) is 69.9 Å². The quantitative estimate of drug-likeness (QED) is 0.515. The van der Waals surface area contributed by atoms with Crippen LogP contribution in [0.1, 0.15) is 75.5 Å². The minimum atomic E-state index is -1.19. The van der Waals surface area contributed by atoms with Crippen LogP contribution in [0.25, 0.3) is 0 Å². The summed E-state index contributed by atoms with van der Waals surface area (Å²) in [5.74, 6) is 0.748. The molecule has 2 aromatic carbocycles. The predicted octanol–water partition coefficient (Wildman–Crippen LogP) is 4.74. The summed E-state index contributed by atoms with van der Waals surface area (Å²) in [6, 6.07) is 16.2. The van der Waals surface area contributed by atoms with E-state index in [1.54, 1.807) is 13.8 Å². The molecule has 3 fully saturated rings. The van der Waals surface area contributed by atoms with Crippen LogP contribution < -0.4 is 10.1 Å². The van der Waals surface area contributed by atoms with Crippen molar-refractivity contribution in [1.82, 2.24) is 5.32 Å². The highest BCUT2D eigenvalue weighted by molar-refractivity contribution is 5.84. The molecule has 0 saturated heterocycles. The van der Waals surface area contributed by atoms with Crippen molar-refractivity contribution >= 4 is 5.91 Å². The Morgan fingerprint density at radius 2 is 1.64 bits per heavy atom. The fourth-order valence-electron chi connectivity index (χ4n) is 5.48. The lowest BCUT2D eigenvalue weighted by Crippen LogP contribution is -2.44. The Morgan fingerprint density at radius 1 is 1.03 bits per heavy atom. The first-order chi connectivity index (χ1) is 15.8. The molecular weight excluding hydrogens is 414 g/mol. The first kappa shape index (κ1) is 23.8. The third-order valence-electron chi connectivity index (χ3n) is 7.70. The van der Waals surface area contributed by atoms with Crippen LogP contribution in [-0.2, 0) is 4.79 Å². The van der Waals surface area contributed by atoms with Crippen LogP contribution in [0.5, 0.6) is 5.75 Å². The van der Waals surface area contributed by atoms with Crippen LogP contribution in [0, 0.1) is 11.3 Å². The minimum absolute atomic E-state index is 0.302. The molecule has 5 heteroatoms. The Bertz CT molecular complexity index is 897. The number of hydrogen-bond acceptors (Lipinski definition) is 4. The molecule has 2 atom stereocenters. The van der Waals surface area contributed by atoms with Gasteiger partial charge in [-0.15, -0.1) is 0 Å². The summed E-state index contributed by atoms with van der Waals surface area (Å²) in [5.41, 5.74) is 0.693. The summed E-state index contributed by atoms with van der Waals surface area (Å²) in [6.45, 7) is 3.82. The number of amides is 1. The molecule has 0 unspecified atom stereocenters. The Balaban J connectivity index is 1.43. The van der Waals surface area contributed by atoms with Gasteiger partial charge in [-0.1, -0.05) is 42.5 Å². The lowest BCUT2D eigenvalue weighted by Gasteiger charge is -2.46. The van der Waals surface area contributed by atoms with Crippen LogP contribution in [0.15, 0.2) is 54.6 Å². The third-order valence-corrected chi connectivity index (χ3v) is 7.70. The molecule has 3 N–H and O–H groups in total. The van der Waals surface area contributed by atoms with Gasteiger partial charge < -0.3 is 20.3 Å². The number of carbonyl (C=O) groups is 1. The van der Waals surface area contributed by atoms with E-state index in [2.05, 4.69) is 5.32 Å². The van der Waals surface area contributed by atoms with E-state index in [0.29, 0.717) is 5.41 Å². The van der Waals surface area contributed by atoms with Crippen LogP contribution in [0.3, 0.4) is 0 Å². The van der Waals surface area contributed by atoms with E-state index in [0.717, 1.165) is 29.4 Å². The predicted molar refractivity (Wildman–Crippen MR) is 129 cm³/mol. The molecule has 1 amide bonds. The fraction of sp³-hybridized carbons (Fsp3) is 0.536. The van der Waals surface area contributed by atoms with Crippen LogP contribution in [0.2, 0.25) is 0 Å². The average Bonchev–Trinajstić information content (AvgIpc) is 2.83. The highest BCUT2D eigenvalue weighted by atomic mass is 16.5. The van der Waals surface area contributed by atoms with Crippen molar-refractivity contribution in [3.63, 3.8) is 0 Å². The van der Waals surface area contributed by atoms with Crippen molar-refractivity contribution in [1.29, 1.82) is 0 Å². The van der Waals surface area contributed by atoms with Crippen molar-refractivity contribution in [2.75, 3.05) is 13.2 Å². The van der Waals surface area contributed by atoms with Gasteiger partial charge in [0.1, 0.15) is 5.75 Å². The van der Waals surface area contributed by atoms with Gasteiger partial charge >= 0.3 is 0 Å². The molecule has 5 nitrogen and oxygen atoms in total. The number of rotatable bonds is 9. The molecule has 0 spiro atoms. The molecule has 0 aliphatic heterocycles. The number of fused-ring (bicyclic) bond motifs is 3. The maximum absolute atomic E-state index is 13.0. The van der Waals surface area contributed by atoms with Crippen LogP contribution >= 0.6 is 0 Å². The zero-order valence-corrected chi connectivity index (χ0v) is 19.8. The smallest absolute Gasteiger partial charge is 0.230 e. The Labute approximate surface area is 197 Å². The second kappa shape index (κ2) is 9.86. The van der Waals surface area contributed by atoms with Gasteiger partial charge in [0.2, 0.25) is 5.91 Å². The number of aliphatic hydroxyl groups excluding tert-OH is 1. The molecule has 0 aromatic heterocycles. The van der Waals surface area contributed by atoms with Gasteiger partial charge in [-0.2, -0.15) is 0 Å². The topological polar surface area (TPSA) is 78.8 Å². The monoisotopic (exact) mass is 451 g/mol. The second-order valence-corrected chi connectivity index (χ2v) is 10.6. The maximum Gasteiger partial charge on any atom is 0.230 e. The highest BCUT2D eigenvalue weighted by Gasteiger charge is 2.41. The first-order valence-corrected chi connectivity index (χ1v) is 12.2. The largest absolute Gasteiger partial charge is 0.493 e. The van der Waals surface area contributed by atoms with Gasteiger partial charge in [0.05, 0.1) is 30.8 Å². The van der Waals surface area contributed by atoms with Crippen molar-refractivity contribution in [3.05, 3.63) is 65.7 Å². The van der Waals surface area contributed by atoms with E-state index in [-0.39, 0.29) is 12.5 Å². The molecular formula is C28H37NO4. The molecule has 3 saturated carbocycles. The summed E-state index contributed by atoms with van der Waals surface area (Å²) in [6.07, 6.45) is 7.84.